The van der Waals surface area contributed by atoms with Gasteiger partial charge < -0.3 is 16.0 Å². The van der Waals surface area contributed by atoms with Gasteiger partial charge in [-0.15, -0.1) is 0 Å². The number of hydrogen-bond acceptors (Lipinski definition) is 5. The first-order valence-electron chi connectivity index (χ1n) is 8.95. The fourth-order valence-electron chi connectivity index (χ4n) is 2.91. The van der Waals surface area contributed by atoms with Crippen LogP contribution in [0, 0.1) is 13.8 Å². The summed E-state index contributed by atoms with van der Waals surface area (Å²) in [7, 11) is 3.64. The highest BCUT2D eigenvalue weighted by Crippen LogP contribution is 2.17. The van der Waals surface area contributed by atoms with Gasteiger partial charge in [0, 0.05) is 33.7 Å². The van der Waals surface area contributed by atoms with Crippen LogP contribution < -0.4 is 16.0 Å². The molecule has 2 heterocycles. The first-order valence-corrected chi connectivity index (χ1v) is 8.95. The second-order valence-corrected chi connectivity index (χ2v) is 6.44. The van der Waals surface area contributed by atoms with Gasteiger partial charge in [-0.2, -0.15) is 5.10 Å². The largest absolute Gasteiger partial charge is 0.368 e. The van der Waals surface area contributed by atoms with E-state index in [1.165, 1.54) is 16.7 Å². The highest BCUT2D eigenvalue weighted by molar-refractivity contribution is 5.86. The van der Waals surface area contributed by atoms with Crippen molar-refractivity contribution in [1.29, 1.82) is 0 Å². The highest BCUT2D eigenvalue weighted by atomic mass is 15.3. The van der Waals surface area contributed by atoms with Crippen LogP contribution in [0.25, 0.3) is 11.0 Å². The minimum Gasteiger partial charge on any atom is -0.368 e. The monoisotopic (exact) mass is 366 g/mol. The number of anilines is 1. The van der Waals surface area contributed by atoms with E-state index in [4.69, 9.17) is 0 Å². The predicted octanol–water partition coefficient (Wildman–Crippen LogP) is 1.76. The van der Waals surface area contributed by atoms with Crippen LogP contribution in [-0.4, -0.2) is 45.8 Å². The van der Waals surface area contributed by atoms with Gasteiger partial charge in [-0.25, -0.2) is 9.97 Å². The van der Waals surface area contributed by atoms with Gasteiger partial charge >= 0.3 is 0 Å². The minimum absolute atomic E-state index is 0.700. The molecule has 2 aromatic heterocycles. The zero-order chi connectivity index (χ0) is 19.2. The van der Waals surface area contributed by atoms with Crippen LogP contribution in [0.2, 0.25) is 0 Å². The van der Waals surface area contributed by atoms with E-state index in [1.54, 1.807) is 24.3 Å². The van der Waals surface area contributed by atoms with Crippen molar-refractivity contribution in [2.45, 2.75) is 20.4 Å². The van der Waals surface area contributed by atoms with Gasteiger partial charge in [-0.1, -0.05) is 23.8 Å². The van der Waals surface area contributed by atoms with Gasteiger partial charge in [-0.05, 0) is 25.0 Å². The third-order valence-electron chi connectivity index (χ3n) is 4.41. The van der Waals surface area contributed by atoms with Crippen LogP contribution in [0.5, 0.6) is 0 Å². The third-order valence-corrected chi connectivity index (χ3v) is 4.41. The molecule has 8 heteroatoms. The van der Waals surface area contributed by atoms with E-state index in [2.05, 4.69) is 68.1 Å². The molecule has 0 bridgehead atoms. The fraction of sp³-hybridized carbons (Fsp3) is 0.368. The lowest BCUT2D eigenvalue weighted by molar-refractivity contribution is 0.785. The minimum atomic E-state index is 0.700. The number of aryl methyl sites for hydroxylation is 3. The number of rotatable bonds is 6. The summed E-state index contributed by atoms with van der Waals surface area (Å²) in [5.74, 6) is 1.55. The Bertz CT molecular complexity index is 944. The molecular weight excluding hydrogens is 340 g/mol. The molecule has 3 N–H and O–H groups in total. The molecule has 0 fully saturated rings. The summed E-state index contributed by atoms with van der Waals surface area (Å²) in [5, 5.41) is 15.1. The Balaban J connectivity index is 1.48. The summed E-state index contributed by atoms with van der Waals surface area (Å²) in [6.45, 7) is 6.38. The Morgan fingerprint density at radius 1 is 1.15 bits per heavy atom. The van der Waals surface area contributed by atoms with Crippen LogP contribution in [0.15, 0.2) is 35.7 Å². The van der Waals surface area contributed by atoms with Crippen molar-refractivity contribution in [3.63, 3.8) is 0 Å². The number of benzene rings is 1. The molecule has 1 aromatic carbocycles. The quantitative estimate of drug-likeness (QED) is 0.350. The first kappa shape index (κ1) is 18.6. The van der Waals surface area contributed by atoms with Gasteiger partial charge in [0.25, 0.3) is 0 Å². The zero-order valence-electron chi connectivity index (χ0n) is 16.2. The average Bonchev–Trinajstić information content (AvgIpc) is 3.04. The molecule has 0 spiro atoms. The van der Waals surface area contributed by atoms with Gasteiger partial charge in [0.2, 0.25) is 0 Å². The van der Waals surface area contributed by atoms with E-state index in [-0.39, 0.29) is 0 Å². The van der Waals surface area contributed by atoms with E-state index in [0.717, 1.165) is 29.4 Å². The summed E-state index contributed by atoms with van der Waals surface area (Å²) >= 11 is 0. The van der Waals surface area contributed by atoms with E-state index in [1.807, 2.05) is 7.05 Å². The molecule has 0 aliphatic rings. The number of nitrogens with zero attached hydrogens (tertiary/aromatic N) is 5. The van der Waals surface area contributed by atoms with Crippen molar-refractivity contribution >= 4 is 22.8 Å². The first-order chi connectivity index (χ1) is 13.1. The molecule has 3 rings (SSSR count). The standard InChI is InChI=1S/C19H26N8/c1-13-5-6-15(14(2)9-13)10-23-19(20-3)22-8-7-21-17-16-11-26-27(4)18(16)25-12-24-17/h5-6,9,11-12H,7-8,10H2,1-4H3,(H2,20,22,23)(H,21,24,25). The normalized spacial score (nSPS) is 11.6. The number of aliphatic imine (C=N–C) groups is 1. The lowest BCUT2D eigenvalue weighted by atomic mass is 10.1. The number of fused-ring (bicyclic) bond motifs is 1. The average molecular weight is 366 g/mol. The van der Waals surface area contributed by atoms with Crippen LogP contribution in [0.4, 0.5) is 5.82 Å². The van der Waals surface area contributed by atoms with Crippen LogP contribution in [0.3, 0.4) is 0 Å². The van der Waals surface area contributed by atoms with Crippen molar-refractivity contribution < 1.29 is 0 Å². The number of aromatic nitrogens is 4. The number of nitrogens with one attached hydrogen (secondary N) is 3. The predicted molar refractivity (Wildman–Crippen MR) is 109 cm³/mol. The van der Waals surface area contributed by atoms with Gasteiger partial charge in [0.15, 0.2) is 11.6 Å². The van der Waals surface area contributed by atoms with Crippen molar-refractivity contribution in [2.24, 2.45) is 12.0 Å². The van der Waals surface area contributed by atoms with Gasteiger partial charge in [-0.3, -0.25) is 9.67 Å². The Labute approximate surface area is 159 Å². The maximum Gasteiger partial charge on any atom is 0.191 e. The van der Waals surface area contributed by atoms with Crippen molar-refractivity contribution in [2.75, 3.05) is 25.5 Å². The molecule has 0 aliphatic heterocycles. The summed E-state index contributed by atoms with van der Waals surface area (Å²) < 4.78 is 1.74. The van der Waals surface area contributed by atoms with Crippen molar-refractivity contribution in [3.05, 3.63) is 47.4 Å². The molecular formula is C19H26N8. The summed E-state index contributed by atoms with van der Waals surface area (Å²) in [6, 6.07) is 6.48. The van der Waals surface area contributed by atoms with E-state index < -0.39 is 0 Å². The smallest absolute Gasteiger partial charge is 0.191 e. The van der Waals surface area contributed by atoms with Gasteiger partial charge in [0.1, 0.15) is 12.1 Å². The molecule has 0 aliphatic carbocycles. The van der Waals surface area contributed by atoms with Crippen LogP contribution in [-0.2, 0) is 13.6 Å². The Morgan fingerprint density at radius 3 is 2.78 bits per heavy atom. The second-order valence-electron chi connectivity index (χ2n) is 6.44. The molecule has 0 amide bonds. The van der Waals surface area contributed by atoms with Gasteiger partial charge in [0.05, 0.1) is 11.6 Å². The molecule has 0 unspecified atom stereocenters. The maximum absolute atomic E-state index is 4.30. The summed E-state index contributed by atoms with van der Waals surface area (Å²) in [6.07, 6.45) is 3.32. The Hall–Kier alpha value is -3.16. The fourth-order valence-corrected chi connectivity index (χ4v) is 2.91. The van der Waals surface area contributed by atoms with Crippen molar-refractivity contribution in [1.82, 2.24) is 30.4 Å². The molecule has 0 radical (unpaired) electrons. The molecule has 27 heavy (non-hydrogen) atoms. The van der Waals surface area contributed by atoms with E-state index in [0.29, 0.717) is 13.1 Å². The summed E-state index contributed by atoms with van der Waals surface area (Å²) in [4.78, 5) is 12.8. The number of hydrogen-bond donors (Lipinski definition) is 3. The molecule has 142 valence electrons. The zero-order valence-corrected chi connectivity index (χ0v) is 16.2. The lowest BCUT2D eigenvalue weighted by Crippen LogP contribution is -2.39. The molecule has 0 saturated carbocycles. The molecule has 8 nitrogen and oxygen atoms in total. The van der Waals surface area contributed by atoms with E-state index in [9.17, 15) is 0 Å². The van der Waals surface area contributed by atoms with Crippen LogP contribution in [0.1, 0.15) is 16.7 Å². The molecule has 0 saturated heterocycles. The Kier molecular flexibility index (Phi) is 5.85. The summed E-state index contributed by atoms with van der Waals surface area (Å²) in [5.41, 5.74) is 4.63. The lowest BCUT2D eigenvalue weighted by Gasteiger charge is -2.14. The maximum atomic E-state index is 4.30. The Morgan fingerprint density at radius 2 is 2.00 bits per heavy atom. The second kappa shape index (κ2) is 8.48. The molecule has 3 aromatic rings. The van der Waals surface area contributed by atoms with E-state index >= 15 is 0 Å². The number of guanidine groups is 1. The molecule has 0 atom stereocenters. The van der Waals surface area contributed by atoms with Crippen molar-refractivity contribution in [3.8, 4) is 0 Å². The SMILES string of the molecule is CN=C(NCCNc1ncnc2c1cnn2C)NCc1ccc(C)cc1C. The van der Waals surface area contributed by atoms with Crippen LogP contribution >= 0.6 is 0 Å². The topological polar surface area (TPSA) is 92.1 Å². The highest BCUT2D eigenvalue weighted by Gasteiger charge is 2.07. The third kappa shape index (κ3) is 4.52.